The zero-order chi connectivity index (χ0) is 13.6. The zero-order valence-corrected chi connectivity index (χ0v) is 13.1. The van der Waals surface area contributed by atoms with Gasteiger partial charge in [0.1, 0.15) is 0 Å². The number of nitrogens with two attached hydrogens (primary N) is 1. The monoisotopic (exact) mass is 338 g/mol. The van der Waals surface area contributed by atoms with Gasteiger partial charge in [-0.2, -0.15) is 0 Å². The molecule has 2 aromatic rings. The Morgan fingerprint density at radius 1 is 1.37 bits per heavy atom. The Kier molecular flexibility index (Phi) is 3.46. The fraction of sp³-hybridized carbons (Fsp3) is 0.333. The van der Waals surface area contributed by atoms with Crippen LogP contribution in [0.3, 0.4) is 0 Å². The van der Waals surface area contributed by atoms with Crippen molar-refractivity contribution >= 4 is 27.5 Å². The highest BCUT2D eigenvalue weighted by molar-refractivity contribution is 9.10. The van der Waals surface area contributed by atoms with E-state index in [-0.39, 0.29) is 6.04 Å². The van der Waals surface area contributed by atoms with Crippen molar-refractivity contribution in [3.05, 3.63) is 50.7 Å². The van der Waals surface area contributed by atoms with Gasteiger partial charge in [0.05, 0.1) is 5.69 Å². The second kappa shape index (κ2) is 4.97. The van der Waals surface area contributed by atoms with E-state index in [0.717, 1.165) is 34.4 Å². The average molecular weight is 340 g/mol. The third kappa shape index (κ3) is 2.24. The third-order valence-electron chi connectivity index (χ3n) is 3.80. The minimum atomic E-state index is 0.168. The molecule has 4 heteroatoms. The van der Waals surface area contributed by atoms with Gasteiger partial charge in [-0.1, -0.05) is 11.6 Å². The molecular weight excluding hydrogens is 324 g/mol. The van der Waals surface area contributed by atoms with Gasteiger partial charge in [-0.3, -0.25) is 0 Å². The Morgan fingerprint density at radius 2 is 2.16 bits per heavy atom. The van der Waals surface area contributed by atoms with Crippen LogP contribution in [0.1, 0.15) is 35.8 Å². The van der Waals surface area contributed by atoms with Crippen LogP contribution >= 0.6 is 27.5 Å². The van der Waals surface area contributed by atoms with E-state index in [9.17, 15) is 0 Å². The van der Waals surface area contributed by atoms with E-state index in [0.29, 0.717) is 0 Å². The second-order valence-corrected chi connectivity index (χ2v) is 6.41. The lowest BCUT2D eigenvalue weighted by Crippen LogP contribution is -2.18. The van der Waals surface area contributed by atoms with Gasteiger partial charge < -0.3 is 10.3 Å². The van der Waals surface area contributed by atoms with E-state index in [4.69, 9.17) is 17.3 Å². The van der Waals surface area contributed by atoms with Gasteiger partial charge in [0.15, 0.2) is 0 Å². The van der Waals surface area contributed by atoms with Crippen molar-refractivity contribution in [2.75, 3.05) is 0 Å². The summed E-state index contributed by atoms with van der Waals surface area (Å²) in [5, 5.41) is 0.750. The van der Waals surface area contributed by atoms with E-state index in [1.165, 1.54) is 17.0 Å². The lowest BCUT2D eigenvalue weighted by molar-refractivity contribution is 0.560. The Balaban J connectivity index is 2.23. The molecule has 0 amide bonds. The Bertz CT molecular complexity index is 633. The largest absolute Gasteiger partial charge is 0.324 e. The topological polar surface area (TPSA) is 30.9 Å². The first-order valence-electron chi connectivity index (χ1n) is 6.50. The Morgan fingerprint density at radius 3 is 2.95 bits per heavy atom. The molecule has 3 rings (SSSR count). The van der Waals surface area contributed by atoms with Crippen molar-refractivity contribution in [3.63, 3.8) is 0 Å². The molecule has 1 atom stereocenters. The lowest BCUT2D eigenvalue weighted by Gasteiger charge is -2.22. The number of aromatic nitrogens is 1. The van der Waals surface area contributed by atoms with Gasteiger partial charge in [0, 0.05) is 26.9 Å². The van der Waals surface area contributed by atoms with Crippen LogP contribution in [-0.4, -0.2) is 4.57 Å². The predicted molar refractivity (Wildman–Crippen MR) is 83.1 cm³/mol. The zero-order valence-electron chi connectivity index (χ0n) is 10.8. The number of nitrogens with zero attached hydrogens (tertiary/aromatic N) is 1. The molecule has 0 radical (unpaired) electrons. The van der Waals surface area contributed by atoms with Crippen molar-refractivity contribution in [2.24, 2.45) is 5.73 Å². The molecule has 0 aliphatic heterocycles. The molecular formula is C15H16BrClN2. The summed E-state index contributed by atoms with van der Waals surface area (Å²) in [5.74, 6) is 0. The number of fused-ring (bicyclic) bond motifs is 1. The molecule has 0 saturated heterocycles. The van der Waals surface area contributed by atoms with Crippen LogP contribution in [0.5, 0.6) is 0 Å². The highest BCUT2D eigenvalue weighted by Crippen LogP contribution is 2.35. The standard InChI is InChI=1S/C15H16BrClN2/c1-9-7-11-13(18)3-2-4-14(11)19(9)15-8-10(17)5-6-12(15)16/h5-8,13H,2-4,18H2,1H3. The highest BCUT2D eigenvalue weighted by atomic mass is 79.9. The molecule has 2 N–H and O–H groups in total. The summed E-state index contributed by atoms with van der Waals surface area (Å²) in [7, 11) is 0. The van der Waals surface area contributed by atoms with E-state index in [1.54, 1.807) is 0 Å². The Labute approximate surface area is 126 Å². The molecule has 100 valence electrons. The molecule has 0 fully saturated rings. The molecule has 0 spiro atoms. The molecule has 1 aliphatic rings. The van der Waals surface area contributed by atoms with Gasteiger partial charge in [0.2, 0.25) is 0 Å². The van der Waals surface area contributed by atoms with Crippen LogP contribution in [0.25, 0.3) is 5.69 Å². The summed E-state index contributed by atoms with van der Waals surface area (Å²) < 4.78 is 3.34. The van der Waals surface area contributed by atoms with Gasteiger partial charge in [-0.25, -0.2) is 0 Å². The van der Waals surface area contributed by atoms with E-state index >= 15 is 0 Å². The van der Waals surface area contributed by atoms with Gasteiger partial charge in [-0.05, 0) is 71.9 Å². The summed E-state index contributed by atoms with van der Waals surface area (Å²) in [6, 6.07) is 8.27. The summed E-state index contributed by atoms with van der Waals surface area (Å²) in [5.41, 5.74) is 11.2. The van der Waals surface area contributed by atoms with Crippen molar-refractivity contribution < 1.29 is 0 Å². The van der Waals surface area contributed by atoms with E-state index in [1.807, 2.05) is 18.2 Å². The molecule has 0 bridgehead atoms. The molecule has 19 heavy (non-hydrogen) atoms. The van der Waals surface area contributed by atoms with Crippen molar-refractivity contribution in [3.8, 4) is 5.69 Å². The minimum absolute atomic E-state index is 0.168. The maximum Gasteiger partial charge on any atom is 0.0612 e. The first-order valence-corrected chi connectivity index (χ1v) is 7.67. The van der Waals surface area contributed by atoms with Crippen LogP contribution in [-0.2, 0) is 6.42 Å². The van der Waals surface area contributed by atoms with Crippen molar-refractivity contribution in [1.29, 1.82) is 0 Å². The molecule has 1 aliphatic carbocycles. The van der Waals surface area contributed by atoms with E-state index in [2.05, 4.69) is 33.5 Å². The highest BCUT2D eigenvalue weighted by Gasteiger charge is 2.23. The summed E-state index contributed by atoms with van der Waals surface area (Å²) in [4.78, 5) is 0. The lowest BCUT2D eigenvalue weighted by atomic mass is 9.93. The van der Waals surface area contributed by atoms with Gasteiger partial charge >= 0.3 is 0 Å². The first-order chi connectivity index (χ1) is 9.08. The fourth-order valence-corrected chi connectivity index (χ4v) is 3.52. The van der Waals surface area contributed by atoms with Crippen molar-refractivity contribution in [2.45, 2.75) is 32.2 Å². The minimum Gasteiger partial charge on any atom is -0.324 e. The van der Waals surface area contributed by atoms with E-state index < -0.39 is 0 Å². The molecule has 1 unspecified atom stereocenters. The summed E-state index contributed by atoms with van der Waals surface area (Å²) in [6.07, 6.45) is 3.30. The number of rotatable bonds is 1. The van der Waals surface area contributed by atoms with Crippen molar-refractivity contribution in [1.82, 2.24) is 4.57 Å². The number of aryl methyl sites for hydroxylation is 1. The van der Waals surface area contributed by atoms with Crippen LogP contribution in [0.15, 0.2) is 28.7 Å². The SMILES string of the molecule is Cc1cc2c(n1-c1cc(Cl)ccc1Br)CCCC2N. The number of benzene rings is 1. The predicted octanol–water partition coefficient (Wildman–Crippen LogP) is 4.54. The van der Waals surface area contributed by atoms with Gasteiger partial charge in [0.25, 0.3) is 0 Å². The number of hydrogen-bond acceptors (Lipinski definition) is 1. The molecule has 1 aromatic carbocycles. The van der Waals surface area contributed by atoms with Gasteiger partial charge in [-0.15, -0.1) is 0 Å². The fourth-order valence-electron chi connectivity index (χ4n) is 2.93. The average Bonchev–Trinajstić information content (AvgIpc) is 2.70. The summed E-state index contributed by atoms with van der Waals surface area (Å²) in [6.45, 7) is 2.12. The molecule has 2 nitrogen and oxygen atoms in total. The van der Waals surface area contributed by atoms with Crippen LogP contribution in [0, 0.1) is 6.92 Å². The number of hydrogen-bond donors (Lipinski definition) is 1. The first kappa shape index (κ1) is 13.2. The molecule has 0 saturated carbocycles. The normalized spacial score (nSPS) is 18.4. The third-order valence-corrected chi connectivity index (χ3v) is 4.70. The maximum atomic E-state index is 6.22. The quantitative estimate of drug-likeness (QED) is 0.812. The number of halogens is 2. The maximum absolute atomic E-state index is 6.22. The van der Waals surface area contributed by atoms with Crippen LogP contribution in [0.4, 0.5) is 0 Å². The van der Waals surface area contributed by atoms with Crippen LogP contribution < -0.4 is 5.73 Å². The van der Waals surface area contributed by atoms with Crippen LogP contribution in [0.2, 0.25) is 5.02 Å². The molecule has 1 heterocycles. The summed E-state index contributed by atoms with van der Waals surface area (Å²) >= 11 is 9.76. The smallest absolute Gasteiger partial charge is 0.0612 e. The Hall–Kier alpha value is -0.770. The second-order valence-electron chi connectivity index (χ2n) is 5.12. The molecule has 1 aromatic heterocycles.